The van der Waals surface area contributed by atoms with Gasteiger partial charge < -0.3 is 4.90 Å². The van der Waals surface area contributed by atoms with Gasteiger partial charge in [-0.25, -0.2) is 8.42 Å². The largest absolute Gasteiger partial charge is 0.336 e. The third kappa shape index (κ3) is 3.57. The number of amides is 1. The van der Waals surface area contributed by atoms with Gasteiger partial charge in [0.05, 0.1) is 11.1 Å². The van der Waals surface area contributed by atoms with Gasteiger partial charge in [0, 0.05) is 49.7 Å². The first kappa shape index (κ1) is 20.4. The number of benzene rings is 1. The molecule has 0 bridgehead atoms. The molecule has 8 heteroatoms. The molecule has 0 atom stereocenters. The van der Waals surface area contributed by atoms with Crippen molar-refractivity contribution in [1.29, 1.82) is 0 Å². The van der Waals surface area contributed by atoms with E-state index < -0.39 is 10.0 Å². The van der Waals surface area contributed by atoms with Crippen molar-refractivity contribution in [1.82, 2.24) is 19.2 Å². The van der Waals surface area contributed by atoms with E-state index in [-0.39, 0.29) is 23.9 Å². The Labute approximate surface area is 176 Å². The average molecular weight is 425 g/mol. The molecule has 4 rings (SSSR count). The second kappa shape index (κ2) is 8.12. The monoisotopic (exact) mass is 424 g/mol. The van der Waals surface area contributed by atoms with E-state index >= 15 is 0 Å². The summed E-state index contributed by atoms with van der Waals surface area (Å²) in [5, 5.41) is 0.836. The number of sulfonamides is 1. The molecule has 1 fully saturated rings. The lowest BCUT2D eigenvalue weighted by atomic mass is 9.99. The smallest absolute Gasteiger partial charge is 0.254 e. The zero-order valence-electron chi connectivity index (χ0n) is 17.1. The fourth-order valence-corrected chi connectivity index (χ4v) is 5.30. The Kier molecular flexibility index (Phi) is 5.53. The quantitative estimate of drug-likeness (QED) is 0.643. The molecule has 30 heavy (non-hydrogen) atoms. The van der Waals surface area contributed by atoms with Crippen LogP contribution in [-0.4, -0.2) is 59.7 Å². The number of fused-ring (bicyclic) bond motifs is 1. The molecule has 1 aromatic carbocycles. The highest BCUT2D eigenvalue weighted by molar-refractivity contribution is 7.89. The maximum Gasteiger partial charge on any atom is 0.254 e. The third-order valence-electron chi connectivity index (χ3n) is 5.58. The summed E-state index contributed by atoms with van der Waals surface area (Å²) in [6.07, 6.45) is 3.64. The van der Waals surface area contributed by atoms with Gasteiger partial charge in [-0.2, -0.15) is 4.31 Å². The van der Waals surface area contributed by atoms with Crippen LogP contribution >= 0.6 is 0 Å². The molecule has 1 amide bonds. The van der Waals surface area contributed by atoms with E-state index in [2.05, 4.69) is 4.98 Å². The van der Waals surface area contributed by atoms with E-state index in [1.807, 2.05) is 38.1 Å². The second-order valence-corrected chi connectivity index (χ2v) is 9.25. The first-order chi connectivity index (χ1) is 14.4. The van der Waals surface area contributed by atoms with Crippen molar-refractivity contribution in [3.63, 3.8) is 0 Å². The van der Waals surface area contributed by atoms with Gasteiger partial charge in [-0.05, 0) is 37.1 Å². The number of hydrogen-bond acceptors (Lipinski definition) is 5. The van der Waals surface area contributed by atoms with Gasteiger partial charge in [0.25, 0.3) is 5.91 Å². The van der Waals surface area contributed by atoms with Crippen molar-refractivity contribution in [3.8, 4) is 0 Å². The molecular weight excluding hydrogens is 400 g/mol. The normalized spacial score (nSPS) is 15.5. The summed E-state index contributed by atoms with van der Waals surface area (Å²) in [5.74, 6) is -0.0702. The fourth-order valence-electron chi connectivity index (χ4n) is 3.92. The molecule has 3 heterocycles. The minimum absolute atomic E-state index is 0.0702. The predicted octanol–water partition coefficient (Wildman–Crippen LogP) is 2.65. The summed E-state index contributed by atoms with van der Waals surface area (Å²) in [6, 6.07) is 10.8. The molecule has 156 valence electrons. The Morgan fingerprint density at radius 3 is 2.47 bits per heavy atom. The van der Waals surface area contributed by atoms with Crippen LogP contribution in [0.25, 0.3) is 10.9 Å². The van der Waals surface area contributed by atoms with Crippen LogP contribution in [0.2, 0.25) is 0 Å². The van der Waals surface area contributed by atoms with Crippen molar-refractivity contribution in [2.75, 3.05) is 26.2 Å². The molecule has 0 radical (unpaired) electrons. The van der Waals surface area contributed by atoms with E-state index in [4.69, 9.17) is 4.98 Å². The Bertz CT molecular complexity index is 1190. The average Bonchev–Trinajstić information content (AvgIpc) is 2.79. The van der Waals surface area contributed by atoms with Crippen LogP contribution in [0.15, 0.2) is 53.7 Å². The van der Waals surface area contributed by atoms with Crippen molar-refractivity contribution in [3.05, 3.63) is 65.6 Å². The zero-order valence-corrected chi connectivity index (χ0v) is 17.9. The highest BCUT2D eigenvalue weighted by Crippen LogP contribution is 2.26. The van der Waals surface area contributed by atoms with E-state index in [9.17, 15) is 13.2 Å². The standard InChI is InChI=1S/C22H24N4O3S/c1-3-19-16(2)21(18-8-4-5-9-20(18)24-19)22(27)25-11-13-26(14-12-25)30(28,29)17-7-6-10-23-15-17/h4-10,15H,3,11-14H2,1-2H3. The Hall–Kier alpha value is -2.84. The Morgan fingerprint density at radius 1 is 1.07 bits per heavy atom. The maximum absolute atomic E-state index is 13.4. The molecule has 1 saturated heterocycles. The van der Waals surface area contributed by atoms with E-state index in [1.54, 1.807) is 23.2 Å². The molecule has 0 spiro atoms. The number of piperazine rings is 1. The summed E-state index contributed by atoms with van der Waals surface area (Å²) in [6.45, 7) is 5.16. The van der Waals surface area contributed by atoms with E-state index in [0.717, 1.165) is 28.6 Å². The van der Waals surface area contributed by atoms with E-state index in [0.29, 0.717) is 18.7 Å². The predicted molar refractivity (Wildman–Crippen MR) is 115 cm³/mol. The number of hydrogen-bond donors (Lipinski definition) is 0. The minimum atomic E-state index is -3.61. The van der Waals surface area contributed by atoms with Gasteiger partial charge >= 0.3 is 0 Å². The number of carbonyl (C=O) groups is 1. The van der Waals surface area contributed by atoms with Crippen LogP contribution < -0.4 is 0 Å². The van der Waals surface area contributed by atoms with Crippen LogP contribution in [0.5, 0.6) is 0 Å². The zero-order chi connectivity index (χ0) is 21.3. The van der Waals surface area contributed by atoms with Gasteiger partial charge in [0.15, 0.2) is 0 Å². The molecule has 3 aromatic rings. The number of para-hydroxylation sites is 1. The number of rotatable bonds is 4. The summed E-state index contributed by atoms with van der Waals surface area (Å²) in [5.41, 5.74) is 3.28. The fraction of sp³-hybridized carbons (Fsp3) is 0.318. The van der Waals surface area contributed by atoms with Crippen molar-refractivity contribution in [2.24, 2.45) is 0 Å². The highest BCUT2D eigenvalue weighted by atomic mass is 32.2. The van der Waals surface area contributed by atoms with Crippen molar-refractivity contribution >= 4 is 26.8 Å². The van der Waals surface area contributed by atoms with Crippen LogP contribution in [-0.2, 0) is 16.4 Å². The maximum atomic E-state index is 13.4. The summed E-state index contributed by atoms with van der Waals surface area (Å²) < 4.78 is 27.1. The lowest BCUT2D eigenvalue weighted by Gasteiger charge is -2.34. The van der Waals surface area contributed by atoms with Crippen LogP contribution in [0, 0.1) is 6.92 Å². The minimum Gasteiger partial charge on any atom is -0.336 e. The lowest BCUT2D eigenvalue weighted by Crippen LogP contribution is -2.50. The Morgan fingerprint density at radius 2 is 1.80 bits per heavy atom. The van der Waals surface area contributed by atoms with Crippen molar-refractivity contribution in [2.45, 2.75) is 25.2 Å². The molecule has 2 aromatic heterocycles. The summed E-state index contributed by atoms with van der Waals surface area (Å²) >= 11 is 0. The molecule has 1 aliphatic rings. The first-order valence-corrected chi connectivity index (χ1v) is 11.4. The second-order valence-electron chi connectivity index (χ2n) is 7.31. The molecule has 0 aliphatic carbocycles. The van der Waals surface area contributed by atoms with Gasteiger partial charge in [0.2, 0.25) is 10.0 Å². The third-order valence-corrected chi connectivity index (χ3v) is 7.47. The molecule has 0 saturated carbocycles. The number of carbonyl (C=O) groups excluding carboxylic acids is 1. The molecule has 7 nitrogen and oxygen atoms in total. The van der Waals surface area contributed by atoms with Gasteiger partial charge in [0.1, 0.15) is 4.90 Å². The number of nitrogens with zero attached hydrogens (tertiary/aromatic N) is 4. The van der Waals surface area contributed by atoms with Crippen molar-refractivity contribution < 1.29 is 13.2 Å². The van der Waals surface area contributed by atoms with Crippen LogP contribution in [0.3, 0.4) is 0 Å². The molecule has 0 N–H and O–H groups in total. The molecular formula is C22H24N4O3S. The van der Waals surface area contributed by atoms with Crippen LogP contribution in [0.4, 0.5) is 0 Å². The van der Waals surface area contributed by atoms with Crippen LogP contribution in [0.1, 0.15) is 28.5 Å². The lowest BCUT2D eigenvalue weighted by molar-refractivity contribution is 0.0699. The summed E-state index contributed by atoms with van der Waals surface area (Å²) in [7, 11) is -3.61. The topological polar surface area (TPSA) is 83.5 Å². The number of aromatic nitrogens is 2. The van der Waals surface area contributed by atoms with Gasteiger partial charge in [-0.1, -0.05) is 25.1 Å². The number of aryl methyl sites for hydroxylation is 1. The SMILES string of the molecule is CCc1nc2ccccc2c(C(=O)N2CCN(S(=O)(=O)c3cccnc3)CC2)c1C. The number of pyridine rings is 2. The van der Waals surface area contributed by atoms with Gasteiger partial charge in [-0.15, -0.1) is 0 Å². The van der Waals surface area contributed by atoms with E-state index in [1.165, 1.54) is 10.5 Å². The summed E-state index contributed by atoms with van der Waals surface area (Å²) in [4.78, 5) is 24.0. The molecule has 0 unspecified atom stereocenters. The first-order valence-electron chi connectivity index (χ1n) is 10.0. The highest BCUT2D eigenvalue weighted by Gasteiger charge is 2.31. The van der Waals surface area contributed by atoms with Gasteiger partial charge in [-0.3, -0.25) is 14.8 Å². The molecule has 1 aliphatic heterocycles. The Balaban J connectivity index is 1.59.